The number of hydrogen-bond acceptors (Lipinski definition) is 2. The maximum absolute atomic E-state index is 13.2. The van der Waals surface area contributed by atoms with E-state index in [1.165, 1.54) is 12.1 Å². The van der Waals surface area contributed by atoms with E-state index >= 15 is 0 Å². The molecular weight excluding hydrogens is 302 g/mol. The van der Waals surface area contributed by atoms with Crippen LogP contribution in [0.5, 0.6) is 0 Å². The average molecular weight is 313 g/mol. The van der Waals surface area contributed by atoms with Crippen LogP contribution in [0.15, 0.2) is 22.8 Å². The quantitative estimate of drug-likeness (QED) is 0.782. The normalized spacial score (nSPS) is 10.7. The van der Waals surface area contributed by atoms with Gasteiger partial charge in [-0.25, -0.2) is 18.7 Å². The molecule has 0 unspecified atom stereocenters. The summed E-state index contributed by atoms with van der Waals surface area (Å²) in [5.41, 5.74) is 2.13. The molecule has 0 aliphatic heterocycles. The van der Waals surface area contributed by atoms with E-state index in [2.05, 4.69) is 25.9 Å². The van der Waals surface area contributed by atoms with Crippen molar-refractivity contribution in [1.82, 2.24) is 9.97 Å². The number of halogens is 3. The van der Waals surface area contributed by atoms with Gasteiger partial charge in [0.2, 0.25) is 0 Å². The van der Waals surface area contributed by atoms with Crippen LogP contribution in [0.2, 0.25) is 0 Å². The van der Waals surface area contributed by atoms with Crippen LogP contribution >= 0.6 is 15.9 Å². The van der Waals surface area contributed by atoms with E-state index in [4.69, 9.17) is 0 Å². The largest absolute Gasteiger partial charge is 0.233 e. The molecule has 1 aromatic heterocycles. The van der Waals surface area contributed by atoms with E-state index in [0.717, 1.165) is 23.7 Å². The van der Waals surface area contributed by atoms with Crippen LogP contribution in [0, 0.1) is 18.6 Å². The Kier molecular flexibility index (Phi) is 3.71. The third-order valence-corrected chi connectivity index (χ3v) is 3.29. The minimum atomic E-state index is -0.637. The molecule has 1 heterocycles. The van der Waals surface area contributed by atoms with E-state index < -0.39 is 11.6 Å². The first-order chi connectivity index (χ1) is 8.51. The first-order valence-corrected chi connectivity index (χ1v) is 6.30. The van der Waals surface area contributed by atoms with Gasteiger partial charge in [-0.2, -0.15) is 0 Å². The number of aryl methyl sites for hydroxylation is 1. The van der Waals surface area contributed by atoms with E-state index in [-0.39, 0.29) is 0 Å². The Morgan fingerprint density at radius 1 is 1.11 bits per heavy atom. The fourth-order valence-corrected chi connectivity index (χ4v) is 2.51. The smallest absolute Gasteiger partial charge is 0.160 e. The topological polar surface area (TPSA) is 25.8 Å². The Balaban J connectivity index is 2.58. The highest BCUT2D eigenvalue weighted by atomic mass is 79.9. The van der Waals surface area contributed by atoms with Crippen LogP contribution < -0.4 is 0 Å². The molecule has 0 radical (unpaired) electrons. The molecular formula is C13H11BrF2N2. The SMILES string of the molecule is CCc1c(C)nc(-c2cc(F)cc(F)c2)nc1Br. The fourth-order valence-electron chi connectivity index (χ4n) is 1.77. The molecule has 0 fully saturated rings. The van der Waals surface area contributed by atoms with Crippen LogP contribution in [0.3, 0.4) is 0 Å². The van der Waals surface area contributed by atoms with Crippen LogP contribution in [-0.4, -0.2) is 9.97 Å². The standard InChI is InChI=1S/C13H11BrF2N2/c1-3-11-7(2)17-13(18-12(11)14)8-4-9(15)6-10(16)5-8/h4-6H,3H2,1-2H3. The zero-order chi connectivity index (χ0) is 13.3. The second-order valence-corrected chi connectivity index (χ2v) is 4.66. The van der Waals surface area contributed by atoms with Crippen molar-refractivity contribution < 1.29 is 8.78 Å². The van der Waals surface area contributed by atoms with Crippen LogP contribution in [0.25, 0.3) is 11.4 Å². The van der Waals surface area contributed by atoms with Gasteiger partial charge in [0.05, 0.1) is 0 Å². The highest BCUT2D eigenvalue weighted by molar-refractivity contribution is 9.10. The van der Waals surface area contributed by atoms with Gasteiger partial charge in [-0.15, -0.1) is 0 Å². The van der Waals surface area contributed by atoms with Crippen LogP contribution in [0.1, 0.15) is 18.2 Å². The van der Waals surface area contributed by atoms with Crippen molar-refractivity contribution in [2.45, 2.75) is 20.3 Å². The van der Waals surface area contributed by atoms with E-state index in [1.807, 2.05) is 13.8 Å². The lowest BCUT2D eigenvalue weighted by atomic mass is 10.1. The van der Waals surface area contributed by atoms with Gasteiger partial charge in [0.15, 0.2) is 5.82 Å². The maximum Gasteiger partial charge on any atom is 0.160 e. The molecule has 2 aromatic rings. The molecule has 0 amide bonds. The minimum Gasteiger partial charge on any atom is -0.233 e. The number of hydrogen-bond donors (Lipinski definition) is 0. The highest BCUT2D eigenvalue weighted by Gasteiger charge is 2.11. The zero-order valence-electron chi connectivity index (χ0n) is 9.97. The summed E-state index contributed by atoms with van der Waals surface area (Å²) in [5, 5.41) is 0. The van der Waals surface area contributed by atoms with Crippen molar-refractivity contribution in [2.24, 2.45) is 0 Å². The number of rotatable bonds is 2. The molecule has 18 heavy (non-hydrogen) atoms. The van der Waals surface area contributed by atoms with Gasteiger partial charge in [-0.1, -0.05) is 6.92 Å². The Bertz CT molecular complexity index is 556. The summed E-state index contributed by atoms with van der Waals surface area (Å²) in [6.07, 6.45) is 0.796. The predicted octanol–water partition coefficient (Wildman–Crippen LogP) is 4.06. The molecule has 5 heteroatoms. The molecule has 0 bridgehead atoms. The Hall–Kier alpha value is -1.36. The zero-order valence-corrected chi connectivity index (χ0v) is 11.6. The van der Waals surface area contributed by atoms with Gasteiger partial charge in [0, 0.05) is 22.9 Å². The van der Waals surface area contributed by atoms with Gasteiger partial charge in [0.1, 0.15) is 16.2 Å². The van der Waals surface area contributed by atoms with Gasteiger partial charge >= 0.3 is 0 Å². The monoisotopic (exact) mass is 312 g/mol. The van der Waals surface area contributed by atoms with Gasteiger partial charge < -0.3 is 0 Å². The number of benzene rings is 1. The van der Waals surface area contributed by atoms with Crippen LogP contribution in [-0.2, 0) is 6.42 Å². The van der Waals surface area contributed by atoms with E-state index in [9.17, 15) is 8.78 Å². The molecule has 0 spiro atoms. The summed E-state index contributed by atoms with van der Waals surface area (Å²) in [6.45, 7) is 3.85. The second kappa shape index (κ2) is 5.10. The van der Waals surface area contributed by atoms with Gasteiger partial charge in [-0.3, -0.25) is 0 Å². The number of aromatic nitrogens is 2. The Morgan fingerprint density at radius 2 is 1.72 bits per heavy atom. The van der Waals surface area contributed by atoms with Crippen molar-refractivity contribution in [3.05, 3.63) is 45.7 Å². The first kappa shape index (κ1) is 13.1. The third kappa shape index (κ3) is 2.56. The summed E-state index contributed by atoms with van der Waals surface area (Å²) in [5.74, 6) is -0.959. The average Bonchev–Trinajstić information content (AvgIpc) is 2.27. The third-order valence-electron chi connectivity index (χ3n) is 2.64. The molecule has 0 aliphatic carbocycles. The van der Waals surface area contributed by atoms with Crippen molar-refractivity contribution in [1.29, 1.82) is 0 Å². The summed E-state index contributed by atoms with van der Waals surface area (Å²) in [7, 11) is 0. The van der Waals surface area contributed by atoms with E-state index in [1.54, 1.807) is 0 Å². The van der Waals surface area contributed by atoms with Gasteiger partial charge in [-0.05, 0) is 41.4 Å². The predicted molar refractivity (Wildman–Crippen MR) is 69.2 cm³/mol. The number of nitrogens with zero attached hydrogens (tertiary/aromatic N) is 2. The Labute approximate surface area is 112 Å². The highest BCUT2D eigenvalue weighted by Crippen LogP contribution is 2.24. The molecule has 0 N–H and O–H groups in total. The maximum atomic E-state index is 13.2. The summed E-state index contributed by atoms with van der Waals surface area (Å²) in [4.78, 5) is 8.51. The van der Waals surface area contributed by atoms with Crippen molar-refractivity contribution >= 4 is 15.9 Å². The lowest BCUT2D eigenvalue weighted by Crippen LogP contribution is -2.00. The van der Waals surface area contributed by atoms with E-state index in [0.29, 0.717) is 16.0 Å². The van der Waals surface area contributed by atoms with Crippen molar-refractivity contribution in [2.75, 3.05) is 0 Å². The fraction of sp³-hybridized carbons (Fsp3) is 0.231. The molecule has 94 valence electrons. The lowest BCUT2D eigenvalue weighted by molar-refractivity contribution is 0.584. The molecule has 2 rings (SSSR count). The Morgan fingerprint density at radius 3 is 2.22 bits per heavy atom. The molecule has 0 atom stereocenters. The molecule has 2 nitrogen and oxygen atoms in total. The molecule has 0 saturated heterocycles. The summed E-state index contributed by atoms with van der Waals surface area (Å²) < 4.78 is 27.0. The van der Waals surface area contributed by atoms with Crippen molar-refractivity contribution in [3.63, 3.8) is 0 Å². The van der Waals surface area contributed by atoms with Crippen LogP contribution in [0.4, 0.5) is 8.78 Å². The van der Waals surface area contributed by atoms with Gasteiger partial charge in [0.25, 0.3) is 0 Å². The second-order valence-electron chi connectivity index (χ2n) is 3.91. The molecule has 1 aromatic carbocycles. The minimum absolute atomic E-state index is 0.315. The summed E-state index contributed by atoms with van der Waals surface area (Å²) >= 11 is 3.35. The first-order valence-electron chi connectivity index (χ1n) is 5.50. The van der Waals surface area contributed by atoms with Crippen molar-refractivity contribution in [3.8, 4) is 11.4 Å². The molecule has 0 saturated carbocycles. The lowest BCUT2D eigenvalue weighted by Gasteiger charge is -2.08. The molecule has 0 aliphatic rings. The summed E-state index contributed by atoms with van der Waals surface area (Å²) in [6, 6.07) is 3.26.